The maximum Gasteiger partial charge on any atom is 0.133 e. The summed E-state index contributed by atoms with van der Waals surface area (Å²) in [6.45, 7) is 4.74. The lowest BCUT2D eigenvalue weighted by molar-refractivity contribution is 0.0381. The molecule has 4 heteroatoms. The summed E-state index contributed by atoms with van der Waals surface area (Å²) in [6.07, 6.45) is 3.18. The van der Waals surface area contributed by atoms with Gasteiger partial charge in [-0.1, -0.05) is 13.0 Å². The summed E-state index contributed by atoms with van der Waals surface area (Å²) in [6, 6.07) is 3.96. The first kappa shape index (κ1) is 11.7. The third kappa shape index (κ3) is 2.47. The minimum atomic E-state index is 0.318. The van der Waals surface area contributed by atoms with Crippen molar-refractivity contribution >= 4 is 17.4 Å². The zero-order valence-corrected chi connectivity index (χ0v) is 10.3. The van der Waals surface area contributed by atoms with Crippen molar-refractivity contribution < 1.29 is 4.74 Å². The van der Waals surface area contributed by atoms with Crippen LogP contribution in [0.4, 0.5) is 5.82 Å². The van der Waals surface area contributed by atoms with Crippen LogP contribution in [0.5, 0.6) is 0 Å². The Hall–Kier alpha value is -0.800. The zero-order valence-electron chi connectivity index (χ0n) is 9.53. The van der Waals surface area contributed by atoms with Crippen LogP contribution >= 0.6 is 11.6 Å². The Kier molecular flexibility index (Phi) is 4.02. The third-order valence-corrected chi connectivity index (χ3v) is 3.19. The Balaban J connectivity index is 2.16. The standard InChI is InChI=1S/C12H17ClN2O/c1-2-11-9-15(6-7-16-11)12-10(8-13)4-3-5-14-12/h3-5,11H,2,6-9H2,1H3. The smallest absolute Gasteiger partial charge is 0.133 e. The summed E-state index contributed by atoms with van der Waals surface area (Å²) in [7, 11) is 0. The van der Waals surface area contributed by atoms with Gasteiger partial charge in [0, 0.05) is 24.8 Å². The van der Waals surface area contributed by atoms with Gasteiger partial charge in [-0.15, -0.1) is 11.6 Å². The normalized spacial score (nSPS) is 21.1. The molecule has 0 amide bonds. The van der Waals surface area contributed by atoms with E-state index in [1.807, 2.05) is 18.3 Å². The Morgan fingerprint density at radius 3 is 3.25 bits per heavy atom. The molecule has 1 atom stereocenters. The van der Waals surface area contributed by atoms with Crippen molar-refractivity contribution in [2.75, 3.05) is 24.6 Å². The number of anilines is 1. The quantitative estimate of drug-likeness (QED) is 0.759. The highest BCUT2D eigenvalue weighted by Crippen LogP contribution is 2.21. The molecule has 2 heterocycles. The minimum Gasteiger partial charge on any atom is -0.375 e. The molecule has 0 aliphatic carbocycles. The zero-order chi connectivity index (χ0) is 11.4. The molecule has 0 bridgehead atoms. The van der Waals surface area contributed by atoms with E-state index in [2.05, 4.69) is 16.8 Å². The number of alkyl halides is 1. The number of halogens is 1. The molecule has 16 heavy (non-hydrogen) atoms. The van der Waals surface area contributed by atoms with E-state index in [0.717, 1.165) is 37.5 Å². The van der Waals surface area contributed by atoms with Gasteiger partial charge in [0.25, 0.3) is 0 Å². The number of nitrogens with zero attached hydrogens (tertiary/aromatic N) is 2. The summed E-state index contributed by atoms with van der Waals surface area (Å²) < 4.78 is 5.65. The molecule has 1 aromatic heterocycles. The van der Waals surface area contributed by atoms with Gasteiger partial charge in [0.1, 0.15) is 5.82 Å². The summed E-state index contributed by atoms with van der Waals surface area (Å²) >= 11 is 5.92. The first-order chi connectivity index (χ1) is 7.85. The summed E-state index contributed by atoms with van der Waals surface area (Å²) in [5, 5.41) is 0. The van der Waals surface area contributed by atoms with Crippen LogP contribution in [0.2, 0.25) is 0 Å². The second-order valence-electron chi connectivity index (χ2n) is 3.97. The number of morpholine rings is 1. The lowest BCUT2D eigenvalue weighted by Gasteiger charge is -2.34. The highest BCUT2D eigenvalue weighted by molar-refractivity contribution is 6.17. The van der Waals surface area contributed by atoms with Gasteiger partial charge < -0.3 is 9.64 Å². The highest BCUT2D eigenvalue weighted by Gasteiger charge is 2.21. The SMILES string of the molecule is CCC1CN(c2ncccc2CCl)CCO1. The minimum absolute atomic E-state index is 0.318. The molecular weight excluding hydrogens is 224 g/mol. The molecule has 1 aromatic rings. The maximum atomic E-state index is 5.92. The molecule has 0 spiro atoms. The number of rotatable bonds is 3. The number of hydrogen-bond acceptors (Lipinski definition) is 3. The average Bonchev–Trinajstić information content (AvgIpc) is 2.38. The van der Waals surface area contributed by atoms with Gasteiger partial charge in [-0.2, -0.15) is 0 Å². The van der Waals surface area contributed by atoms with Gasteiger partial charge in [-0.3, -0.25) is 0 Å². The molecule has 0 saturated carbocycles. The molecule has 1 saturated heterocycles. The second kappa shape index (κ2) is 5.51. The molecule has 0 N–H and O–H groups in total. The van der Waals surface area contributed by atoms with Crippen LogP contribution in [0.1, 0.15) is 18.9 Å². The van der Waals surface area contributed by atoms with Gasteiger partial charge in [-0.05, 0) is 12.5 Å². The van der Waals surface area contributed by atoms with E-state index in [1.165, 1.54) is 0 Å². The first-order valence-corrected chi connectivity index (χ1v) is 6.25. The van der Waals surface area contributed by atoms with E-state index in [1.54, 1.807) is 0 Å². The van der Waals surface area contributed by atoms with Crippen molar-refractivity contribution in [1.29, 1.82) is 0 Å². The van der Waals surface area contributed by atoms with Crippen LogP contribution in [0, 0.1) is 0 Å². The fraction of sp³-hybridized carbons (Fsp3) is 0.583. The molecular formula is C12H17ClN2O. The van der Waals surface area contributed by atoms with E-state index in [9.17, 15) is 0 Å². The fourth-order valence-corrected chi connectivity index (χ4v) is 2.19. The van der Waals surface area contributed by atoms with Gasteiger partial charge in [-0.25, -0.2) is 4.98 Å². The molecule has 3 nitrogen and oxygen atoms in total. The predicted octanol–water partition coefficient (Wildman–Crippen LogP) is 2.44. The van der Waals surface area contributed by atoms with Crippen molar-refractivity contribution in [1.82, 2.24) is 4.98 Å². The summed E-state index contributed by atoms with van der Waals surface area (Å²) in [4.78, 5) is 6.70. The van der Waals surface area contributed by atoms with Crippen LogP contribution < -0.4 is 4.90 Å². The lowest BCUT2D eigenvalue weighted by atomic mass is 10.2. The highest BCUT2D eigenvalue weighted by atomic mass is 35.5. The number of ether oxygens (including phenoxy) is 1. The number of pyridine rings is 1. The van der Waals surface area contributed by atoms with E-state index in [0.29, 0.717) is 12.0 Å². The van der Waals surface area contributed by atoms with Crippen molar-refractivity contribution in [2.24, 2.45) is 0 Å². The largest absolute Gasteiger partial charge is 0.375 e. The van der Waals surface area contributed by atoms with E-state index in [4.69, 9.17) is 16.3 Å². The topological polar surface area (TPSA) is 25.4 Å². The molecule has 2 rings (SSSR count). The Morgan fingerprint density at radius 1 is 1.62 bits per heavy atom. The van der Waals surface area contributed by atoms with Crippen LogP contribution in [0.25, 0.3) is 0 Å². The van der Waals surface area contributed by atoms with Crippen molar-refractivity contribution in [3.05, 3.63) is 23.9 Å². The Bertz CT molecular complexity index is 346. The number of aromatic nitrogens is 1. The molecule has 1 unspecified atom stereocenters. The van der Waals surface area contributed by atoms with E-state index in [-0.39, 0.29) is 0 Å². The Morgan fingerprint density at radius 2 is 2.50 bits per heavy atom. The van der Waals surface area contributed by atoms with Crippen LogP contribution in [-0.2, 0) is 10.6 Å². The van der Waals surface area contributed by atoms with E-state index < -0.39 is 0 Å². The van der Waals surface area contributed by atoms with Crippen LogP contribution in [0.3, 0.4) is 0 Å². The van der Waals surface area contributed by atoms with Crippen molar-refractivity contribution in [3.8, 4) is 0 Å². The van der Waals surface area contributed by atoms with Crippen LogP contribution in [-0.4, -0.2) is 30.8 Å². The van der Waals surface area contributed by atoms with Gasteiger partial charge in [0.2, 0.25) is 0 Å². The monoisotopic (exact) mass is 240 g/mol. The van der Waals surface area contributed by atoms with Gasteiger partial charge in [0.15, 0.2) is 0 Å². The Labute approximate surface area is 101 Å². The molecule has 1 aliphatic heterocycles. The molecule has 1 aliphatic rings. The van der Waals surface area contributed by atoms with Crippen LogP contribution in [0.15, 0.2) is 18.3 Å². The number of hydrogen-bond donors (Lipinski definition) is 0. The maximum absolute atomic E-state index is 5.92. The molecule has 0 aromatic carbocycles. The molecule has 88 valence electrons. The fourth-order valence-electron chi connectivity index (χ4n) is 1.98. The molecule has 1 fully saturated rings. The second-order valence-corrected chi connectivity index (χ2v) is 4.23. The summed E-state index contributed by atoms with van der Waals surface area (Å²) in [5.41, 5.74) is 1.10. The van der Waals surface area contributed by atoms with Gasteiger partial charge in [0.05, 0.1) is 18.6 Å². The van der Waals surface area contributed by atoms with Crippen molar-refractivity contribution in [3.63, 3.8) is 0 Å². The summed E-state index contributed by atoms with van der Waals surface area (Å²) in [5.74, 6) is 1.52. The van der Waals surface area contributed by atoms with Gasteiger partial charge >= 0.3 is 0 Å². The average molecular weight is 241 g/mol. The van der Waals surface area contributed by atoms with E-state index >= 15 is 0 Å². The first-order valence-electron chi connectivity index (χ1n) is 5.71. The predicted molar refractivity (Wildman–Crippen MR) is 66.0 cm³/mol. The third-order valence-electron chi connectivity index (χ3n) is 2.91. The molecule has 0 radical (unpaired) electrons. The lowest BCUT2D eigenvalue weighted by Crippen LogP contribution is -2.43. The van der Waals surface area contributed by atoms with Crippen molar-refractivity contribution in [2.45, 2.75) is 25.3 Å².